The molecular weight excluding hydrogens is 314 g/mol. The minimum atomic E-state index is -0.197. The number of ether oxygens (including phenoxy) is 1. The predicted octanol–water partition coefficient (Wildman–Crippen LogP) is 3.05. The molecule has 1 aromatic heterocycles. The maximum absolute atomic E-state index is 12.3. The summed E-state index contributed by atoms with van der Waals surface area (Å²) in [7, 11) is 1.75. The van der Waals surface area contributed by atoms with Gasteiger partial charge in [-0.25, -0.2) is 4.79 Å². The Hall–Kier alpha value is -2.54. The van der Waals surface area contributed by atoms with E-state index < -0.39 is 0 Å². The van der Waals surface area contributed by atoms with Crippen molar-refractivity contribution >= 4 is 34.6 Å². The summed E-state index contributed by atoms with van der Waals surface area (Å²) >= 11 is 1.64. The fourth-order valence-electron chi connectivity index (χ4n) is 2.22. The quantitative estimate of drug-likeness (QED) is 0.908. The van der Waals surface area contributed by atoms with Crippen LogP contribution in [-0.4, -0.2) is 30.5 Å². The number of anilines is 2. The Kier molecular flexibility index (Phi) is 4.20. The van der Waals surface area contributed by atoms with E-state index in [0.29, 0.717) is 23.7 Å². The van der Waals surface area contributed by atoms with Gasteiger partial charge in [0, 0.05) is 23.7 Å². The normalized spacial score (nSPS) is 12.9. The van der Waals surface area contributed by atoms with E-state index in [2.05, 4.69) is 10.6 Å². The van der Waals surface area contributed by atoms with Gasteiger partial charge < -0.3 is 20.3 Å². The van der Waals surface area contributed by atoms with Crippen LogP contribution in [0.15, 0.2) is 29.6 Å². The Morgan fingerprint density at radius 2 is 2.26 bits per heavy atom. The molecule has 2 heterocycles. The number of nitrogens with zero attached hydrogens (tertiary/aromatic N) is 1. The molecule has 2 aromatic rings. The standard InChI is InChI=1S/C16H17N3O3S/c1-10-5-6-23-14(10)8-19(2)16(21)17-11-3-4-12-13(7-11)22-9-15(20)18-12/h3-7H,8-9H2,1-2H3,(H,17,21)(H,18,20). The molecule has 0 unspecified atom stereocenters. The summed E-state index contributed by atoms with van der Waals surface area (Å²) in [5, 5.41) is 7.57. The molecule has 1 aliphatic rings. The zero-order chi connectivity index (χ0) is 16.4. The molecule has 23 heavy (non-hydrogen) atoms. The van der Waals surface area contributed by atoms with Gasteiger partial charge in [0.25, 0.3) is 5.91 Å². The van der Waals surface area contributed by atoms with Crippen molar-refractivity contribution in [2.45, 2.75) is 13.5 Å². The Labute approximate surface area is 138 Å². The second kappa shape index (κ2) is 6.29. The average molecular weight is 331 g/mol. The van der Waals surface area contributed by atoms with Crippen molar-refractivity contribution in [1.29, 1.82) is 0 Å². The molecular formula is C16H17N3O3S. The summed E-state index contributed by atoms with van der Waals surface area (Å²) in [6, 6.07) is 7.00. The first-order valence-electron chi connectivity index (χ1n) is 7.15. The van der Waals surface area contributed by atoms with Crippen LogP contribution in [0.1, 0.15) is 10.4 Å². The van der Waals surface area contributed by atoms with Crippen LogP contribution in [0.4, 0.5) is 16.2 Å². The van der Waals surface area contributed by atoms with E-state index in [4.69, 9.17) is 4.74 Å². The highest BCUT2D eigenvalue weighted by Crippen LogP contribution is 2.30. The monoisotopic (exact) mass is 331 g/mol. The van der Waals surface area contributed by atoms with Crippen LogP contribution < -0.4 is 15.4 Å². The SMILES string of the molecule is Cc1ccsc1CN(C)C(=O)Nc1ccc2c(c1)OCC(=O)N2. The van der Waals surface area contributed by atoms with E-state index in [1.165, 1.54) is 10.4 Å². The van der Waals surface area contributed by atoms with Crippen molar-refractivity contribution in [3.05, 3.63) is 40.1 Å². The van der Waals surface area contributed by atoms with Crippen LogP contribution >= 0.6 is 11.3 Å². The lowest BCUT2D eigenvalue weighted by atomic mass is 10.2. The third-order valence-corrected chi connectivity index (χ3v) is 4.57. The molecule has 0 spiro atoms. The molecule has 0 fully saturated rings. The lowest BCUT2D eigenvalue weighted by Crippen LogP contribution is -2.31. The number of rotatable bonds is 3. The van der Waals surface area contributed by atoms with Crippen molar-refractivity contribution in [2.24, 2.45) is 0 Å². The first-order valence-corrected chi connectivity index (χ1v) is 8.02. The summed E-state index contributed by atoms with van der Waals surface area (Å²) in [5.74, 6) is 0.375. The highest BCUT2D eigenvalue weighted by molar-refractivity contribution is 7.10. The molecule has 0 saturated carbocycles. The van der Waals surface area contributed by atoms with Gasteiger partial charge in [0.2, 0.25) is 0 Å². The fourth-order valence-corrected chi connectivity index (χ4v) is 3.18. The molecule has 120 valence electrons. The second-order valence-electron chi connectivity index (χ2n) is 5.36. The van der Waals surface area contributed by atoms with Gasteiger partial charge in [-0.15, -0.1) is 11.3 Å². The van der Waals surface area contributed by atoms with Crippen molar-refractivity contribution in [3.63, 3.8) is 0 Å². The maximum Gasteiger partial charge on any atom is 0.321 e. The van der Waals surface area contributed by atoms with Gasteiger partial charge in [0.1, 0.15) is 5.75 Å². The molecule has 1 aliphatic heterocycles. The molecule has 7 heteroatoms. The van der Waals surface area contributed by atoms with Crippen molar-refractivity contribution < 1.29 is 14.3 Å². The van der Waals surface area contributed by atoms with E-state index in [9.17, 15) is 9.59 Å². The Bertz CT molecular complexity index is 757. The number of carbonyl (C=O) groups excluding carboxylic acids is 2. The number of fused-ring (bicyclic) bond motifs is 1. The summed E-state index contributed by atoms with van der Waals surface area (Å²) in [6.45, 7) is 2.58. The maximum atomic E-state index is 12.3. The number of hydrogen-bond donors (Lipinski definition) is 2. The summed E-state index contributed by atoms with van der Waals surface area (Å²) in [4.78, 5) is 26.3. The van der Waals surface area contributed by atoms with Gasteiger partial charge in [-0.05, 0) is 36.1 Å². The van der Waals surface area contributed by atoms with Crippen LogP contribution in [0.5, 0.6) is 5.75 Å². The number of hydrogen-bond acceptors (Lipinski definition) is 4. The van der Waals surface area contributed by atoms with Crippen LogP contribution in [0, 0.1) is 6.92 Å². The number of urea groups is 1. The number of carbonyl (C=O) groups is 2. The van der Waals surface area contributed by atoms with Gasteiger partial charge in [-0.3, -0.25) is 4.79 Å². The molecule has 3 amide bonds. The minimum Gasteiger partial charge on any atom is -0.482 e. The highest BCUT2D eigenvalue weighted by Gasteiger charge is 2.17. The second-order valence-corrected chi connectivity index (χ2v) is 6.36. The molecule has 6 nitrogen and oxygen atoms in total. The zero-order valence-corrected chi connectivity index (χ0v) is 13.7. The first-order chi connectivity index (χ1) is 11.0. The van der Waals surface area contributed by atoms with Gasteiger partial charge in [-0.2, -0.15) is 0 Å². The highest BCUT2D eigenvalue weighted by atomic mass is 32.1. The predicted molar refractivity (Wildman–Crippen MR) is 90.1 cm³/mol. The molecule has 0 radical (unpaired) electrons. The third kappa shape index (κ3) is 3.45. The Morgan fingerprint density at radius 1 is 1.43 bits per heavy atom. The lowest BCUT2D eigenvalue weighted by molar-refractivity contribution is -0.118. The van der Waals surface area contributed by atoms with Gasteiger partial charge in [0.15, 0.2) is 6.61 Å². The molecule has 0 saturated heterocycles. The van der Waals surface area contributed by atoms with Crippen LogP contribution in [0.2, 0.25) is 0 Å². The van der Waals surface area contributed by atoms with Crippen LogP contribution in [0.25, 0.3) is 0 Å². The summed E-state index contributed by atoms with van der Waals surface area (Å²) in [6.07, 6.45) is 0. The molecule has 1 aromatic carbocycles. The van der Waals surface area contributed by atoms with E-state index in [0.717, 1.165) is 0 Å². The lowest BCUT2D eigenvalue weighted by Gasteiger charge is -2.20. The number of thiophene rings is 1. The van der Waals surface area contributed by atoms with Gasteiger partial charge in [0.05, 0.1) is 12.2 Å². The van der Waals surface area contributed by atoms with Crippen molar-refractivity contribution in [1.82, 2.24) is 4.90 Å². The van der Waals surface area contributed by atoms with Gasteiger partial charge in [-0.1, -0.05) is 0 Å². The van der Waals surface area contributed by atoms with Crippen molar-refractivity contribution in [2.75, 3.05) is 24.3 Å². The first kappa shape index (κ1) is 15.4. The van der Waals surface area contributed by atoms with E-state index >= 15 is 0 Å². The topological polar surface area (TPSA) is 70.7 Å². The van der Waals surface area contributed by atoms with Gasteiger partial charge >= 0.3 is 6.03 Å². The molecule has 3 rings (SSSR count). The van der Waals surface area contributed by atoms with E-state index in [1.807, 2.05) is 18.4 Å². The molecule has 0 aliphatic carbocycles. The minimum absolute atomic E-state index is 0.0119. The van der Waals surface area contributed by atoms with E-state index in [1.54, 1.807) is 41.5 Å². The summed E-state index contributed by atoms with van der Waals surface area (Å²) in [5.41, 5.74) is 2.43. The Balaban J connectivity index is 1.66. The molecule has 2 N–H and O–H groups in total. The Morgan fingerprint density at radius 3 is 3.00 bits per heavy atom. The number of aryl methyl sites for hydroxylation is 1. The number of nitrogens with one attached hydrogen (secondary N) is 2. The summed E-state index contributed by atoms with van der Waals surface area (Å²) < 4.78 is 5.34. The van der Waals surface area contributed by atoms with Crippen LogP contribution in [-0.2, 0) is 11.3 Å². The molecule has 0 atom stereocenters. The largest absolute Gasteiger partial charge is 0.482 e. The fraction of sp³-hybridized carbons (Fsp3) is 0.250. The van der Waals surface area contributed by atoms with E-state index in [-0.39, 0.29) is 18.5 Å². The van der Waals surface area contributed by atoms with Crippen LogP contribution in [0.3, 0.4) is 0 Å². The smallest absolute Gasteiger partial charge is 0.321 e. The zero-order valence-electron chi connectivity index (χ0n) is 12.9. The number of benzene rings is 1. The molecule has 0 bridgehead atoms. The van der Waals surface area contributed by atoms with Crippen molar-refractivity contribution in [3.8, 4) is 5.75 Å². The third-order valence-electron chi connectivity index (χ3n) is 3.56. The average Bonchev–Trinajstić information content (AvgIpc) is 2.92. The number of amides is 3.